The molecule has 1 fully saturated rings. The Hall–Kier alpha value is -2.67. The first kappa shape index (κ1) is 17.2. The molecule has 0 bridgehead atoms. The number of aryl methyl sites for hydroxylation is 1. The average molecular weight is 342 g/mol. The Kier molecular flexibility index (Phi) is 5.14. The number of likely N-dealkylation sites (N-methyl/N-ethyl adjacent to an activating group) is 1. The van der Waals surface area contributed by atoms with Crippen LogP contribution in [0.25, 0.3) is 0 Å². The summed E-state index contributed by atoms with van der Waals surface area (Å²) in [7, 11) is 3.60. The van der Waals surface area contributed by atoms with Crippen molar-refractivity contribution < 1.29 is 14.3 Å². The van der Waals surface area contributed by atoms with E-state index < -0.39 is 6.04 Å². The molecule has 132 valence electrons. The van der Waals surface area contributed by atoms with Gasteiger partial charge in [0, 0.05) is 33.0 Å². The van der Waals surface area contributed by atoms with Crippen molar-refractivity contribution >= 4 is 11.8 Å². The van der Waals surface area contributed by atoms with Gasteiger partial charge >= 0.3 is 0 Å². The van der Waals surface area contributed by atoms with E-state index in [-0.39, 0.29) is 25.0 Å². The highest BCUT2D eigenvalue weighted by Crippen LogP contribution is 2.16. The number of imidazole rings is 1. The van der Waals surface area contributed by atoms with Gasteiger partial charge in [-0.3, -0.25) is 9.59 Å². The second-order valence-electron chi connectivity index (χ2n) is 6.19. The van der Waals surface area contributed by atoms with Crippen LogP contribution in [0.2, 0.25) is 0 Å². The molecule has 0 radical (unpaired) electrons. The van der Waals surface area contributed by atoms with Crippen molar-refractivity contribution in [1.29, 1.82) is 0 Å². The fourth-order valence-electron chi connectivity index (χ4n) is 2.88. The van der Waals surface area contributed by atoms with Crippen LogP contribution < -0.4 is 0 Å². The second kappa shape index (κ2) is 7.48. The molecule has 2 aromatic rings. The molecular weight excluding hydrogens is 320 g/mol. The number of carbonyl (C=O) groups is 2. The van der Waals surface area contributed by atoms with E-state index in [2.05, 4.69) is 4.98 Å². The van der Waals surface area contributed by atoms with Crippen LogP contribution in [0.5, 0.6) is 0 Å². The molecule has 2 heterocycles. The highest BCUT2D eigenvalue weighted by atomic mass is 16.5. The number of benzene rings is 1. The maximum absolute atomic E-state index is 12.9. The molecule has 1 aliphatic heterocycles. The maximum atomic E-state index is 12.9. The number of rotatable bonds is 5. The quantitative estimate of drug-likeness (QED) is 0.806. The Balaban J connectivity index is 1.73. The summed E-state index contributed by atoms with van der Waals surface area (Å²) in [6.07, 6.45) is 3.53. The monoisotopic (exact) mass is 342 g/mol. The van der Waals surface area contributed by atoms with Crippen molar-refractivity contribution in [3.05, 3.63) is 54.1 Å². The van der Waals surface area contributed by atoms with Crippen molar-refractivity contribution in [3.63, 3.8) is 0 Å². The smallest absolute Gasteiger partial charge is 0.249 e. The van der Waals surface area contributed by atoms with Crippen molar-refractivity contribution in [2.75, 3.05) is 20.3 Å². The number of hydrogen-bond donors (Lipinski definition) is 0. The van der Waals surface area contributed by atoms with Crippen molar-refractivity contribution in [2.24, 2.45) is 7.05 Å². The van der Waals surface area contributed by atoms with Crippen LogP contribution in [0.1, 0.15) is 11.4 Å². The Morgan fingerprint density at radius 2 is 2.12 bits per heavy atom. The number of nitrogens with zero attached hydrogens (tertiary/aromatic N) is 4. The second-order valence-corrected chi connectivity index (χ2v) is 6.19. The van der Waals surface area contributed by atoms with Crippen molar-refractivity contribution in [2.45, 2.75) is 19.1 Å². The molecule has 1 atom stereocenters. The molecule has 0 saturated carbocycles. The van der Waals surface area contributed by atoms with Crippen LogP contribution in [0.3, 0.4) is 0 Å². The summed E-state index contributed by atoms with van der Waals surface area (Å²) in [5, 5.41) is 0. The van der Waals surface area contributed by atoms with Crippen molar-refractivity contribution in [3.8, 4) is 0 Å². The summed E-state index contributed by atoms with van der Waals surface area (Å²) in [6.45, 7) is 1.00. The minimum atomic E-state index is -0.619. The number of ether oxygens (including phenoxy) is 1. The van der Waals surface area contributed by atoms with Crippen LogP contribution >= 0.6 is 0 Å². The van der Waals surface area contributed by atoms with Crippen LogP contribution in [0.15, 0.2) is 42.7 Å². The number of hydrogen-bond acceptors (Lipinski definition) is 4. The maximum Gasteiger partial charge on any atom is 0.249 e. The first-order valence-corrected chi connectivity index (χ1v) is 8.18. The van der Waals surface area contributed by atoms with E-state index in [1.807, 2.05) is 48.1 Å². The molecule has 0 N–H and O–H groups in total. The Morgan fingerprint density at radius 1 is 1.36 bits per heavy atom. The third-order valence-electron chi connectivity index (χ3n) is 4.35. The summed E-state index contributed by atoms with van der Waals surface area (Å²) < 4.78 is 7.20. The van der Waals surface area contributed by atoms with Crippen molar-refractivity contribution in [1.82, 2.24) is 19.4 Å². The predicted molar refractivity (Wildman–Crippen MR) is 91.3 cm³/mol. The summed E-state index contributed by atoms with van der Waals surface area (Å²) in [6, 6.07) is 9.04. The normalized spacial score (nSPS) is 17.6. The number of carbonyl (C=O) groups excluding carboxylic acids is 2. The molecule has 1 aromatic carbocycles. The number of aromatic nitrogens is 2. The topological polar surface area (TPSA) is 67.7 Å². The standard InChI is InChI=1S/C18H22N4O3/c1-20-9-8-19-16(20)11-21(2)18(24)15-12-25-13-17(23)22(15)10-14-6-4-3-5-7-14/h3-9,15H,10-13H2,1-2H3/t15-/m1/s1. The van der Waals surface area contributed by atoms with Gasteiger partial charge in [0.05, 0.1) is 13.2 Å². The molecule has 3 rings (SSSR count). The van der Waals surface area contributed by atoms with Crippen LogP contribution in [-0.2, 0) is 34.5 Å². The average Bonchev–Trinajstić information content (AvgIpc) is 3.02. The van der Waals surface area contributed by atoms with Gasteiger partial charge < -0.3 is 19.1 Å². The van der Waals surface area contributed by atoms with Gasteiger partial charge in [-0.2, -0.15) is 0 Å². The van der Waals surface area contributed by atoms with E-state index in [9.17, 15) is 9.59 Å². The zero-order valence-corrected chi connectivity index (χ0v) is 14.5. The molecule has 1 saturated heterocycles. The van der Waals surface area contributed by atoms with Gasteiger partial charge in [-0.25, -0.2) is 4.98 Å². The molecule has 1 aliphatic rings. The van der Waals surface area contributed by atoms with Crippen LogP contribution in [0.4, 0.5) is 0 Å². The van der Waals surface area contributed by atoms with Gasteiger partial charge in [0.2, 0.25) is 11.8 Å². The van der Waals surface area contributed by atoms with E-state index in [0.29, 0.717) is 13.1 Å². The molecule has 1 aromatic heterocycles. The largest absolute Gasteiger partial charge is 0.369 e. The molecule has 0 aliphatic carbocycles. The Morgan fingerprint density at radius 3 is 2.80 bits per heavy atom. The lowest BCUT2D eigenvalue weighted by Gasteiger charge is -2.36. The van der Waals surface area contributed by atoms with Gasteiger partial charge in [0.25, 0.3) is 0 Å². The van der Waals surface area contributed by atoms with Gasteiger partial charge in [-0.15, -0.1) is 0 Å². The minimum absolute atomic E-state index is 0.0136. The molecule has 7 nitrogen and oxygen atoms in total. The molecule has 2 amide bonds. The predicted octanol–water partition coefficient (Wildman–Crippen LogP) is 0.806. The van der Waals surface area contributed by atoms with E-state index in [1.54, 1.807) is 23.0 Å². The number of amides is 2. The third-order valence-corrected chi connectivity index (χ3v) is 4.35. The SMILES string of the molecule is CN(Cc1nccn1C)C(=O)[C@H]1COCC(=O)N1Cc1ccccc1. The molecule has 0 spiro atoms. The number of morpholine rings is 1. The molecule has 0 unspecified atom stereocenters. The lowest BCUT2D eigenvalue weighted by atomic mass is 10.1. The zero-order valence-electron chi connectivity index (χ0n) is 14.5. The lowest BCUT2D eigenvalue weighted by Crippen LogP contribution is -2.56. The molecular formula is C18H22N4O3. The van der Waals surface area contributed by atoms with E-state index in [4.69, 9.17) is 4.74 Å². The summed E-state index contributed by atoms with van der Waals surface area (Å²) >= 11 is 0. The lowest BCUT2D eigenvalue weighted by molar-refractivity contribution is -0.159. The Labute approximate surface area is 146 Å². The minimum Gasteiger partial charge on any atom is -0.369 e. The van der Waals surface area contributed by atoms with Crippen LogP contribution in [-0.4, -0.2) is 57.5 Å². The summed E-state index contributed by atoms with van der Waals surface area (Å²) in [5.74, 6) is 0.472. The fraction of sp³-hybridized carbons (Fsp3) is 0.389. The highest BCUT2D eigenvalue weighted by molar-refractivity contribution is 5.89. The van der Waals surface area contributed by atoms with E-state index in [1.165, 1.54) is 0 Å². The van der Waals surface area contributed by atoms with Gasteiger partial charge in [-0.05, 0) is 5.56 Å². The highest BCUT2D eigenvalue weighted by Gasteiger charge is 2.35. The van der Waals surface area contributed by atoms with E-state index >= 15 is 0 Å². The van der Waals surface area contributed by atoms with E-state index in [0.717, 1.165) is 11.4 Å². The Bertz CT molecular complexity index is 744. The molecule has 7 heteroatoms. The summed E-state index contributed by atoms with van der Waals surface area (Å²) in [5.41, 5.74) is 0.988. The third kappa shape index (κ3) is 3.88. The van der Waals surface area contributed by atoms with Gasteiger partial charge in [-0.1, -0.05) is 30.3 Å². The molecule has 25 heavy (non-hydrogen) atoms. The summed E-state index contributed by atoms with van der Waals surface area (Å²) in [4.78, 5) is 32.7. The first-order chi connectivity index (χ1) is 12.1. The first-order valence-electron chi connectivity index (χ1n) is 8.18. The zero-order chi connectivity index (χ0) is 17.8. The van der Waals surface area contributed by atoms with Gasteiger partial charge in [0.1, 0.15) is 18.5 Å². The van der Waals surface area contributed by atoms with Gasteiger partial charge in [0.15, 0.2) is 0 Å². The van der Waals surface area contributed by atoms with Crippen LogP contribution in [0, 0.1) is 0 Å². The fourth-order valence-corrected chi connectivity index (χ4v) is 2.88.